The molecule has 0 saturated heterocycles. The highest BCUT2D eigenvalue weighted by Gasteiger charge is 2.21. The van der Waals surface area contributed by atoms with Crippen LogP contribution < -0.4 is 4.90 Å². The van der Waals surface area contributed by atoms with Crippen LogP contribution in [0.1, 0.15) is 0 Å². The van der Waals surface area contributed by atoms with Gasteiger partial charge < -0.3 is 9.32 Å². The van der Waals surface area contributed by atoms with Crippen molar-refractivity contribution in [2.24, 2.45) is 0 Å². The molecule has 0 unspecified atom stereocenters. The monoisotopic (exact) mass is 613 g/mol. The zero-order chi connectivity index (χ0) is 31.9. The summed E-state index contributed by atoms with van der Waals surface area (Å²) in [5.74, 6) is 0. The van der Waals surface area contributed by atoms with Crippen LogP contribution in [0.4, 0.5) is 17.1 Å². The van der Waals surface area contributed by atoms with Gasteiger partial charge in [-0.05, 0) is 81.2 Å². The first-order chi connectivity index (χ1) is 23.8. The predicted molar refractivity (Wildman–Crippen MR) is 202 cm³/mol. The zero-order valence-electron chi connectivity index (χ0n) is 26.3. The topological polar surface area (TPSA) is 16.4 Å². The van der Waals surface area contributed by atoms with Gasteiger partial charge in [0.05, 0.1) is 11.1 Å². The van der Waals surface area contributed by atoms with E-state index in [2.05, 4.69) is 193 Å². The fraction of sp³-hybridized carbons (Fsp3) is 0. The van der Waals surface area contributed by atoms with Gasteiger partial charge in [-0.25, -0.2) is 0 Å². The molecule has 0 bridgehead atoms. The molecule has 1 aromatic heterocycles. The molecule has 2 nitrogen and oxygen atoms in total. The lowest BCUT2D eigenvalue weighted by Gasteiger charge is -2.26. The molecule has 0 N–H and O–H groups in total. The van der Waals surface area contributed by atoms with Gasteiger partial charge in [0, 0.05) is 22.1 Å². The molecule has 9 rings (SSSR count). The normalized spacial score (nSPS) is 11.3. The van der Waals surface area contributed by atoms with Crippen molar-refractivity contribution < 1.29 is 4.42 Å². The van der Waals surface area contributed by atoms with Gasteiger partial charge in [-0.2, -0.15) is 0 Å². The molecular weight excluding hydrogens is 583 g/mol. The van der Waals surface area contributed by atoms with Crippen LogP contribution >= 0.6 is 0 Å². The quantitative estimate of drug-likeness (QED) is 0.185. The molecule has 0 saturated carbocycles. The van der Waals surface area contributed by atoms with Crippen molar-refractivity contribution >= 4 is 49.8 Å². The van der Waals surface area contributed by atoms with Gasteiger partial charge in [-0.3, -0.25) is 0 Å². The first-order valence-electron chi connectivity index (χ1n) is 16.4. The largest absolute Gasteiger partial charge is 0.455 e. The minimum absolute atomic E-state index is 0.867. The van der Waals surface area contributed by atoms with E-state index >= 15 is 0 Å². The van der Waals surface area contributed by atoms with E-state index in [0.29, 0.717) is 0 Å². The van der Waals surface area contributed by atoms with Crippen LogP contribution in [0.3, 0.4) is 0 Å². The zero-order valence-corrected chi connectivity index (χ0v) is 26.3. The Hall–Kier alpha value is -6.38. The van der Waals surface area contributed by atoms with Gasteiger partial charge in [0.1, 0.15) is 11.2 Å². The smallest absolute Gasteiger partial charge is 0.143 e. The summed E-state index contributed by atoms with van der Waals surface area (Å²) in [6, 6.07) is 66.7. The average molecular weight is 614 g/mol. The fourth-order valence-corrected chi connectivity index (χ4v) is 6.97. The maximum absolute atomic E-state index is 6.75. The Morgan fingerprint density at radius 1 is 0.354 bits per heavy atom. The van der Waals surface area contributed by atoms with E-state index in [9.17, 15) is 0 Å². The molecule has 0 radical (unpaired) electrons. The van der Waals surface area contributed by atoms with Crippen molar-refractivity contribution in [3.8, 4) is 33.4 Å². The average Bonchev–Trinajstić information content (AvgIpc) is 3.56. The lowest BCUT2D eigenvalue weighted by molar-refractivity contribution is 0.672. The highest BCUT2D eigenvalue weighted by molar-refractivity contribution is 6.22. The summed E-state index contributed by atoms with van der Waals surface area (Å²) in [6.07, 6.45) is 0. The number of hydrogen-bond donors (Lipinski definition) is 0. The van der Waals surface area contributed by atoms with Crippen LogP contribution in [-0.2, 0) is 0 Å². The van der Waals surface area contributed by atoms with Crippen LogP contribution in [0.5, 0.6) is 0 Å². The number of anilines is 3. The van der Waals surface area contributed by atoms with Crippen molar-refractivity contribution in [3.05, 3.63) is 188 Å². The lowest BCUT2D eigenvalue weighted by Crippen LogP contribution is -2.10. The second kappa shape index (κ2) is 11.8. The van der Waals surface area contributed by atoms with Crippen molar-refractivity contribution in [1.82, 2.24) is 0 Å². The molecule has 0 aliphatic carbocycles. The molecule has 0 aliphatic rings. The van der Waals surface area contributed by atoms with Crippen LogP contribution in [0.15, 0.2) is 192 Å². The van der Waals surface area contributed by atoms with Crippen molar-refractivity contribution in [2.45, 2.75) is 0 Å². The molecule has 0 spiro atoms. The van der Waals surface area contributed by atoms with Crippen LogP contribution in [0.2, 0.25) is 0 Å². The van der Waals surface area contributed by atoms with E-state index < -0.39 is 0 Å². The van der Waals surface area contributed by atoms with Crippen molar-refractivity contribution in [2.75, 3.05) is 4.90 Å². The van der Waals surface area contributed by atoms with Crippen LogP contribution in [-0.4, -0.2) is 0 Å². The number of fused-ring (bicyclic) bond motifs is 5. The van der Waals surface area contributed by atoms with Gasteiger partial charge in [0.2, 0.25) is 0 Å². The third-order valence-corrected chi connectivity index (χ3v) is 9.27. The summed E-state index contributed by atoms with van der Waals surface area (Å²) in [5.41, 5.74) is 12.2. The number of nitrogens with zero attached hydrogens (tertiary/aromatic N) is 1. The Morgan fingerprint density at radius 3 is 1.50 bits per heavy atom. The summed E-state index contributed by atoms with van der Waals surface area (Å²) in [6.45, 7) is 0. The van der Waals surface area contributed by atoms with E-state index in [0.717, 1.165) is 44.4 Å². The van der Waals surface area contributed by atoms with Crippen molar-refractivity contribution in [1.29, 1.82) is 0 Å². The molecule has 0 atom stereocenters. The second-order valence-corrected chi connectivity index (χ2v) is 12.1. The number of benzene rings is 8. The summed E-state index contributed by atoms with van der Waals surface area (Å²) in [4.78, 5) is 2.34. The van der Waals surface area contributed by atoms with Gasteiger partial charge in [0.25, 0.3) is 0 Å². The Kier molecular flexibility index (Phi) is 6.84. The molecule has 1 heterocycles. The van der Waals surface area contributed by atoms with Crippen LogP contribution in [0.25, 0.3) is 66.1 Å². The Balaban J connectivity index is 1.25. The SMILES string of the molecule is c1ccc(-c2ccc(-c3cc4c(oc5cccc(N(c6ccccc6)c6ccc(-c7ccccc7)cc6)c54)c4ccccc34)cc2)cc1. The molecule has 2 heteroatoms. The standard InChI is InChI=1S/C46H31NO/c1-4-13-32(14-5-1)34-23-25-36(26-24-34)41-31-42-45-43(21-12-22-44(45)48-46(42)40-20-11-10-19-39(40)41)47(37-17-8-3-9-18-37)38-29-27-35(28-30-38)33-15-6-2-7-16-33/h1-31H. The molecule has 9 aromatic rings. The Labute approximate surface area is 279 Å². The summed E-state index contributed by atoms with van der Waals surface area (Å²) in [7, 11) is 0. The summed E-state index contributed by atoms with van der Waals surface area (Å²) >= 11 is 0. The maximum Gasteiger partial charge on any atom is 0.143 e. The third kappa shape index (κ3) is 4.83. The third-order valence-electron chi connectivity index (χ3n) is 9.27. The van der Waals surface area contributed by atoms with Gasteiger partial charge in [-0.15, -0.1) is 0 Å². The number of para-hydroxylation sites is 1. The molecular formula is C46H31NO. The van der Waals surface area contributed by atoms with E-state index in [1.165, 1.54) is 38.8 Å². The van der Waals surface area contributed by atoms with E-state index in [-0.39, 0.29) is 0 Å². The summed E-state index contributed by atoms with van der Waals surface area (Å²) in [5, 5.41) is 4.48. The highest BCUT2D eigenvalue weighted by Crippen LogP contribution is 2.46. The van der Waals surface area contributed by atoms with Gasteiger partial charge in [-0.1, -0.05) is 146 Å². The Bertz CT molecular complexity index is 2520. The van der Waals surface area contributed by atoms with E-state index in [1.54, 1.807) is 0 Å². The molecule has 8 aromatic carbocycles. The molecule has 48 heavy (non-hydrogen) atoms. The summed E-state index contributed by atoms with van der Waals surface area (Å²) < 4.78 is 6.75. The molecule has 0 fully saturated rings. The minimum Gasteiger partial charge on any atom is -0.455 e. The molecule has 0 aliphatic heterocycles. The second-order valence-electron chi connectivity index (χ2n) is 12.1. The van der Waals surface area contributed by atoms with Gasteiger partial charge in [0.15, 0.2) is 0 Å². The maximum atomic E-state index is 6.75. The minimum atomic E-state index is 0.867. The first-order valence-corrected chi connectivity index (χ1v) is 16.4. The lowest BCUT2D eigenvalue weighted by atomic mass is 9.93. The van der Waals surface area contributed by atoms with E-state index in [4.69, 9.17) is 4.42 Å². The number of rotatable bonds is 6. The highest BCUT2D eigenvalue weighted by atomic mass is 16.3. The number of hydrogen-bond acceptors (Lipinski definition) is 2. The molecule has 226 valence electrons. The van der Waals surface area contributed by atoms with Crippen LogP contribution in [0, 0.1) is 0 Å². The number of furan rings is 1. The fourth-order valence-electron chi connectivity index (χ4n) is 6.97. The van der Waals surface area contributed by atoms with Gasteiger partial charge >= 0.3 is 0 Å². The Morgan fingerprint density at radius 2 is 0.854 bits per heavy atom. The first kappa shape index (κ1) is 27.9. The predicted octanol–water partition coefficient (Wildman–Crippen LogP) is 13.2. The van der Waals surface area contributed by atoms with E-state index in [1.807, 2.05) is 0 Å². The van der Waals surface area contributed by atoms with Crippen molar-refractivity contribution in [3.63, 3.8) is 0 Å². The molecule has 0 amide bonds.